The molecule has 2 aromatic carbocycles. The predicted octanol–water partition coefficient (Wildman–Crippen LogP) is 3.72. The summed E-state index contributed by atoms with van der Waals surface area (Å²) in [7, 11) is 0. The van der Waals surface area contributed by atoms with Crippen molar-refractivity contribution in [3.63, 3.8) is 0 Å². The first kappa shape index (κ1) is 15.9. The van der Waals surface area contributed by atoms with Crippen molar-refractivity contribution < 1.29 is 9.47 Å². The maximum atomic E-state index is 5.80. The summed E-state index contributed by atoms with van der Waals surface area (Å²) in [5.41, 5.74) is 8.01. The van der Waals surface area contributed by atoms with E-state index in [1.807, 2.05) is 36.4 Å². The second-order valence-electron chi connectivity index (χ2n) is 4.80. The van der Waals surface area contributed by atoms with Crippen LogP contribution in [0.2, 0.25) is 0 Å². The minimum Gasteiger partial charge on any atom is -0.490 e. The van der Waals surface area contributed by atoms with Crippen LogP contribution >= 0.6 is 15.9 Å². The molecule has 0 amide bonds. The Hall–Kier alpha value is -1.52. The zero-order valence-electron chi connectivity index (χ0n) is 12.1. The Morgan fingerprint density at radius 1 is 1.00 bits per heavy atom. The van der Waals surface area contributed by atoms with Crippen molar-refractivity contribution in [3.05, 3.63) is 58.1 Å². The van der Waals surface area contributed by atoms with Gasteiger partial charge in [0.1, 0.15) is 24.7 Å². The number of ether oxygens (including phenoxy) is 2. The van der Waals surface area contributed by atoms with Crippen LogP contribution in [0.5, 0.6) is 11.5 Å². The van der Waals surface area contributed by atoms with Gasteiger partial charge in [0, 0.05) is 4.47 Å². The summed E-state index contributed by atoms with van der Waals surface area (Å²) >= 11 is 3.40. The molecule has 4 heteroatoms. The third-order valence-corrected chi connectivity index (χ3v) is 3.58. The standard InChI is InChI=1S/C17H20BrNO2/c1-13-2-7-17(14(12-13)8-9-19)21-11-10-20-16-5-3-15(18)4-6-16/h2-7,12H,8-11,19H2,1H3. The van der Waals surface area contributed by atoms with Gasteiger partial charge in [-0.15, -0.1) is 0 Å². The van der Waals surface area contributed by atoms with Crippen LogP contribution in [0.3, 0.4) is 0 Å². The van der Waals surface area contributed by atoms with Gasteiger partial charge in [-0.2, -0.15) is 0 Å². The number of hydrogen-bond acceptors (Lipinski definition) is 3. The van der Waals surface area contributed by atoms with Crippen LogP contribution in [0.25, 0.3) is 0 Å². The molecule has 0 aliphatic carbocycles. The molecule has 0 saturated carbocycles. The van der Waals surface area contributed by atoms with Crippen LogP contribution in [0.1, 0.15) is 11.1 Å². The van der Waals surface area contributed by atoms with E-state index in [0.717, 1.165) is 28.0 Å². The van der Waals surface area contributed by atoms with Gasteiger partial charge in [0.25, 0.3) is 0 Å². The molecule has 2 aromatic rings. The number of rotatable bonds is 7. The molecular weight excluding hydrogens is 330 g/mol. The highest BCUT2D eigenvalue weighted by Crippen LogP contribution is 2.20. The van der Waals surface area contributed by atoms with Crippen molar-refractivity contribution in [2.24, 2.45) is 5.73 Å². The number of nitrogens with two attached hydrogens (primary N) is 1. The Morgan fingerprint density at radius 3 is 2.43 bits per heavy atom. The average Bonchev–Trinajstić information content (AvgIpc) is 2.48. The molecule has 0 heterocycles. The highest BCUT2D eigenvalue weighted by molar-refractivity contribution is 9.10. The van der Waals surface area contributed by atoms with Crippen molar-refractivity contribution >= 4 is 15.9 Å². The van der Waals surface area contributed by atoms with E-state index in [0.29, 0.717) is 19.8 Å². The first-order chi connectivity index (χ1) is 10.2. The third kappa shape index (κ3) is 5.06. The average molecular weight is 350 g/mol. The second kappa shape index (κ2) is 8.05. The number of hydrogen-bond donors (Lipinski definition) is 1. The van der Waals surface area contributed by atoms with E-state index in [1.54, 1.807) is 0 Å². The fourth-order valence-corrected chi connectivity index (χ4v) is 2.31. The minimum absolute atomic E-state index is 0.511. The smallest absolute Gasteiger partial charge is 0.122 e. The maximum absolute atomic E-state index is 5.80. The maximum Gasteiger partial charge on any atom is 0.122 e. The van der Waals surface area contributed by atoms with Gasteiger partial charge in [-0.3, -0.25) is 0 Å². The largest absolute Gasteiger partial charge is 0.490 e. The summed E-state index contributed by atoms with van der Waals surface area (Å²) in [6, 6.07) is 13.9. The fourth-order valence-electron chi connectivity index (χ4n) is 2.04. The summed E-state index contributed by atoms with van der Waals surface area (Å²) in [6.45, 7) is 3.71. The molecule has 0 aliphatic heterocycles. The molecule has 0 fully saturated rings. The Balaban J connectivity index is 1.84. The van der Waals surface area contributed by atoms with Gasteiger partial charge in [-0.1, -0.05) is 33.6 Å². The molecule has 2 rings (SSSR count). The van der Waals surface area contributed by atoms with Gasteiger partial charge in [0.15, 0.2) is 0 Å². The van der Waals surface area contributed by atoms with Gasteiger partial charge < -0.3 is 15.2 Å². The van der Waals surface area contributed by atoms with Crippen LogP contribution in [0, 0.1) is 6.92 Å². The van der Waals surface area contributed by atoms with E-state index in [9.17, 15) is 0 Å². The van der Waals surface area contributed by atoms with E-state index < -0.39 is 0 Å². The Morgan fingerprint density at radius 2 is 1.71 bits per heavy atom. The predicted molar refractivity (Wildman–Crippen MR) is 89.1 cm³/mol. The molecule has 0 aliphatic rings. The van der Waals surface area contributed by atoms with Crippen molar-refractivity contribution in [1.29, 1.82) is 0 Å². The highest BCUT2D eigenvalue weighted by atomic mass is 79.9. The molecule has 0 bridgehead atoms. The van der Waals surface area contributed by atoms with Crippen molar-refractivity contribution in [1.82, 2.24) is 0 Å². The van der Waals surface area contributed by atoms with Crippen LogP contribution < -0.4 is 15.2 Å². The lowest BCUT2D eigenvalue weighted by atomic mass is 10.1. The van der Waals surface area contributed by atoms with E-state index in [4.69, 9.17) is 15.2 Å². The van der Waals surface area contributed by atoms with Gasteiger partial charge in [0.2, 0.25) is 0 Å². The Bertz CT molecular complexity index is 570. The van der Waals surface area contributed by atoms with Crippen molar-refractivity contribution in [2.75, 3.05) is 19.8 Å². The highest BCUT2D eigenvalue weighted by Gasteiger charge is 2.03. The fraction of sp³-hybridized carbons (Fsp3) is 0.294. The molecular formula is C17H20BrNO2. The molecule has 0 aromatic heterocycles. The molecule has 21 heavy (non-hydrogen) atoms. The zero-order valence-corrected chi connectivity index (χ0v) is 13.7. The molecule has 0 atom stereocenters. The monoisotopic (exact) mass is 349 g/mol. The number of aryl methyl sites for hydroxylation is 1. The first-order valence-corrected chi connectivity index (χ1v) is 7.79. The third-order valence-electron chi connectivity index (χ3n) is 3.05. The summed E-state index contributed by atoms with van der Waals surface area (Å²) < 4.78 is 12.5. The summed E-state index contributed by atoms with van der Waals surface area (Å²) in [4.78, 5) is 0. The summed E-state index contributed by atoms with van der Waals surface area (Å²) in [6.07, 6.45) is 0.824. The molecule has 0 unspecified atom stereocenters. The van der Waals surface area contributed by atoms with Crippen LogP contribution in [-0.4, -0.2) is 19.8 Å². The molecule has 112 valence electrons. The topological polar surface area (TPSA) is 44.5 Å². The van der Waals surface area contributed by atoms with Gasteiger partial charge in [0.05, 0.1) is 0 Å². The number of halogens is 1. The minimum atomic E-state index is 0.511. The normalized spacial score (nSPS) is 10.4. The van der Waals surface area contributed by atoms with E-state index in [2.05, 4.69) is 28.9 Å². The number of benzene rings is 2. The summed E-state index contributed by atoms with van der Waals surface area (Å²) in [5, 5.41) is 0. The zero-order chi connectivity index (χ0) is 15.1. The van der Waals surface area contributed by atoms with Crippen molar-refractivity contribution in [3.8, 4) is 11.5 Å². The molecule has 0 radical (unpaired) electrons. The lowest BCUT2D eigenvalue weighted by Crippen LogP contribution is -2.11. The van der Waals surface area contributed by atoms with Gasteiger partial charge in [-0.25, -0.2) is 0 Å². The molecule has 0 spiro atoms. The summed E-state index contributed by atoms with van der Waals surface area (Å²) in [5.74, 6) is 1.73. The molecule has 2 N–H and O–H groups in total. The second-order valence-corrected chi connectivity index (χ2v) is 5.72. The van der Waals surface area contributed by atoms with Crippen LogP contribution in [-0.2, 0) is 6.42 Å². The lowest BCUT2D eigenvalue weighted by Gasteiger charge is -2.12. The van der Waals surface area contributed by atoms with E-state index in [-0.39, 0.29) is 0 Å². The van der Waals surface area contributed by atoms with Crippen molar-refractivity contribution in [2.45, 2.75) is 13.3 Å². The van der Waals surface area contributed by atoms with Gasteiger partial charge >= 0.3 is 0 Å². The Labute approximate surface area is 134 Å². The Kier molecular flexibility index (Phi) is 6.08. The van der Waals surface area contributed by atoms with Crippen LogP contribution in [0.4, 0.5) is 0 Å². The van der Waals surface area contributed by atoms with E-state index in [1.165, 1.54) is 5.56 Å². The van der Waals surface area contributed by atoms with Gasteiger partial charge in [-0.05, 0) is 55.8 Å². The van der Waals surface area contributed by atoms with E-state index >= 15 is 0 Å². The molecule has 3 nitrogen and oxygen atoms in total. The SMILES string of the molecule is Cc1ccc(OCCOc2ccc(Br)cc2)c(CCN)c1. The quantitative estimate of drug-likeness (QED) is 0.774. The molecule has 0 saturated heterocycles. The first-order valence-electron chi connectivity index (χ1n) is 7.00. The van der Waals surface area contributed by atoms with Crippen LogP contribution in [0.15, 0.2) is 46.9 Å². The lowest BCUT2D eigenvalue weighted by molar-refractivity contribution is 0.216.